The third kappa shape index (κ3) is 4.11. The molecule has 1 amide bonds. The molecule has 1 aromatic carbocycles. The van der Waals surface area contributed by atoms with Crippen LogP contribution in [0.4, 0.5) is 4.79 Å². The predicted octanol–water partition coefficient (Wildman–Crippen LogP) is 4.75. The van der Waals surface area contributed by atoms with Crippen LogP contribution in [0, 0.1) is 0 Å². The lowest BCUT2D eigenvalue weighted by Gasteiger charge is -2.21. The van der Waals surface area contributed by atoms with Crippen LogP contribution < -0.4 is 5.32 Å². The molecule has 1 heterocycles. The van der Waals surface area contributed by atoms with Gasteiger partial charge in [0.15, 0.2) is 0 Å². The molecule has 1 spiro atoms. The van der Waals surface area contributed by atoms with Gasteiger partial charge in [-0.1, -0.05) is 36.4 Å². The van der Waals surface area contributed by atoms with E-state index in [1.165, 1.54) is 22.3 Å². The highest BCUT2D eigenvalue weighted by molar-refractivity contribution is 5.71. The summed E-state index contributed by atoms with van der Waals surface area (Å²) in [7, 11) is 1.75. The second kappa shape index (κ2) is 7.89. The smallest absolute Gasteiger partial charge is 0.407 e. The number of ether oxygens (including phenoxy) is 2. The highest BCUT2D eigenvalue weighted by atomic mass is 16.6. The maximum atomic E-state index is 11.4. The molecule has 4 nitrogen and oxygen atoms in total. The van der Waals surface area contributed by atoms with E-state index >= 15 is 0 Å². The maximum absolute atomic E-state index is 11.4. The fourth-order valence-electron chi connectivity index (χ4n) is 4.65. The number of nitrogens with one attached hydrogen (secondary N) is 1. The number of hydrogen-bond acceptors (Lipinski definition) is 3. The van der Waals surface area contributed by atoms with Crippen molar-refractivity contribution in [1.82, 2.24) is 5.32 Å². The van der Waals surface area contributed by atoms with Crippen LogP contribution in [0.5, 0.6) is 0 Å². The zero-order valence-electron chi connectivity index (χ0n) is 16.1. The minimum atomic E-state index is -0.256. The summed E-state index contributed by atoms with van der Waals surface area (Å²) in [6.45, 7) is 1.35. The molecule has 27 heavy (non-hydrogen) atoms. The normalized spacial score (nSPS) is 26.9. The van der Waals surface area contributed by atoms with Crippen molar-refractivity contribution in [2.24, 2.45) is 0 Å². The Hall–Kier alpha value is -2.07. The summed E-state index contributed by atoms with van der Waals surface area (Å²) in [6.07, 6.45) is 14.1. The molecule has 0 unspecified atom stereocenters. The number of carbonyl (C=O) groups excluding carboxylic acids is 1. The van der Waals surface area contributed by atoms with E-state index in [-0.39, 0.29) is 11.6 Å². The molecule has 2 atom stereocenters. The van der Waals surface area contributed by atoms with Crippen molar-refractivity contribution in [3.63, 3.8) is 0 Å². The molecule has 1 saturated carbocycles. The van der Waals surface area contributed by atoms with Gasteiger partial charge < -0.3 is 14.8 Å². The topological polar surface area (TPSA) is 47.6 Å². The molecule has 3 aliphatic rings. The van der Waals surface area contributed by atoms with Crippen LogP contribution in [0.1, 0.15) is 61.1 Å². The number of aryl methyl sites for hydroxylation is 1. The monoisotopic (exact) mass is 367 g/mol. The third-order valence-corrected chi connectivity index (χ3v) is 6.17. The number of alkyl carbamates (subject to hydrolysis) is 1. The first-order valence-corrected chi connectivity index (χ1v) is 10.1. The van der Waals surface area contributed by atoms with Crippen molar-refractivity contribution in [1.29, 1.82) is 0 Å². The van der Waals surface area contributed by atoms with E-state index in [4.69, 9.17) is 9.47 Å². The highest BCUT2D eigenvalue weighted by Gasteiger charge is 2.45. The lowest BCUT2D eigenvalue weighted by molar-refractivity contribution is 0.172. The molecule has 0 radical (unpaired) electrons. The number of methoxy groups -OCH3 is 1. The summed E-state index contributed by atoms with van der Waals surface area (Å²) >= 11 is 0. The Labute approximate surface area is 161 Å². The number of amides is 1. The first-order valence-electron chi connectivity index (χ1n) is 10.1. The van der Waals surface area contributed by atoms with E-state index in [2.05, 4.69) is 41.7 Å². The molecule has 4 heteroatoms. The standard InChI is InChI=1S/C23H29NO3/c1-26-12-4-2-3-5-17-6-7-19-14-20(9-8-18(19)13-17)21-10-11-23(15-21)16-27-22(25)24-23/h3,5,8-9,13-14,21H,2,4,6-7,10-12,15-16H2,1H3,(H,24,25)/b5-3+/t21-,23+/m0/s1. The minimum Gasteiger partial charge on any atom is -0.447 e. The molecular formula is C23H29NO3. The molecule has 4 rings (SSSR count). The molecule has 2 fully saturated rings. The van der Waals surface area contributed by atoms with Gasteiger partial charge >= 0.3 is 6.09 Å². The van der Waals surface area contributed by atoms with Gasteiger partial charge in [-0.05, 0) is 73.1 Å². The molecular weight excluding hydrogens is 338 g/mol. The summed E-state index contributed by atoms with van der Waals surface area (Å²) in [4.78, 5) is 11.4. The van der Waals surface area contributed by atoms with Crippen LogP contribution in [0.25, 0.3) is 6.08 Å². The Kier molecular flexibility index (Phi) is 5.35. The van der Waals surface area contributed by atoms with Gasteiger partial charge in [-0.25, -0.2) is 4.79 Å². The van der Waals surface area contributed by atoms with Gasteiger partial charge in [0.2, 0.25) is 0 Å². The summed E-state index contributed by atoms with van der Waals surface area (Å²) in [5.41, 5.74) is 5.51. The molecule has 1 aromatic rings. The van der Waals surface area contributed by atoms with Crippen LogP contribution >= 0.6 is 0 Å². The number of hydrogen-bond donors (Lipinski definition) is 1. The van der Waals surface area contributed by atoms with E-state index in [9.17, 15) is 4.79 Å². The van der Waals surface area contributed by atoms with E-state index in [0.29, 0.717) is 12.5 Å². The van der Waals surface area contributed by atoms with Crippen molar-refractivity contribution in [2.45, 2.75) is 56.4 Å². The summed E-state index contributed by atoms with van der Waals surface area (Å²) in [6, 6.07) is 6.95. The van der Waals surface area contributed by atoms with Gasteiger partial charge in [-0.15, -0.1) is 0 Å². The van der Waals surface area contributed by atoms with Gasteiger partial charge in [0, 0.05) is 13.7 Å². The first kappa shape index (κ1) is 18.3. The number of benzene rings is 1. The van der Waals surface area contributed by atoms with E-state index in [0.717, 1.165) is 51.6 Å². The second-order valence-corrected chi connectivity index (χ2v) is 8.14. The number of cyclic esters (lactones) is 1. The zero-order valence-corrected chi connectivity index (χ0v) is 16.1. The van der Waals surface area contributed by atoms with Gasteiger partial charge in [-0.2, -0.15) is 0 Å². The van der Waals surface area contributed by atoms with Crippen molar-refractivity contribution >= 4 is 12.2 Å². The fraction of sp³-hybridized carbons (Fsp3) is 0.522. The van der Waals surface area contributed by atoms with Crippen molar-refractivity contribution in [3.05, 3.63) is 52.6 Å². The van der Waals surface area contributed by atoms with E-state index in [1.807, 2.05) is 0 Å². The van der Waals surface area contributed by atoms with Crippen LogP contribution in [-0.2, 0) is 15.9 Å². The van der Waals surface area contributed by atoms with E-state index < -0.39 is 0 Å². The number of rotatable bonds is 6. The fourth-order valence-corrected chi connectivity index (χ4v) is 4.65. The van der Waals surface area contributed by atoms with Gasteiger partial charge in [-0.3, -0.25) is 0 Å². The molecule has 0 aromatic heterocycles. The summed E-state index contributed by atoms with van der Waals surface area (Å²) in [5, 5.41) is 3.04. The Morgan fingerprint density at radius 3 is 3.11 bits per heavy atom. The zero-order chi connectivity index (χ0) is 18.7. The Morgan fingerprint density at radius 2 is 2.30 bits per heavy atom. The van der Waals surface area contributed by atoms with E-state index in [1.54, 1.807) is 7.11 Å². The molecule has 144 valence electrons. The largest absolute Gasteiger partial charge is 0.447 e. The molecule has 1 saturated heterocycles. The van der Waals surface area contributed by atoms with Gasteiger partial charge in [0.1, 0.15) is 6.61 Å². The Balaban J connectivity index is 1.41. The van der Waals surface area contributed by atoms with Crippen LogP contribution in [0.15, 0.2) is 35.9 Å². The average Bonchev–Trinajstić information content (AvgIpc) is 3.27. The quantitative estimate of drug-likeness (QED) is 0.739. The summed E-state index contributed by atoms with van der Waals surface area (Å²) in [5.74, 6) is 0.517. The van der Waals surface area contributed by atoms with Gasteiger partial charge in [0.25, 0.3) is 0 Å². The predicted molar refractivity (Wildman–Crippen MR) is 107 cm³/mol. The van der Waals surface area contributed by atoms with Crippen molar-refractivity contribution in [2.75, 3.05) is 20.3 Å². The lowest BCUT2D eigenvalue weighted by atomic mass is 9.86. The van der Waals surface area contributed by atoms with Crippen LogP contribution in [0.2, 0.25) is 0 Å². The highest BCUT2D eigenvalue weighted by Crippen LogP contribution is 2.43. The maximum Gasteiger partial charge on any atom is 0.407 e. The SMILES string of the molecule is COCCC/C=C/C1=Cc2ccc([C@H]3CC[C@]4(COC(=O)N4)C3)cc2CC1. The second-order valence-electron chi connectivity index (χ2n) is 8.14. The minimum absolute atomic E-state index is 0.127. The lowest BCUT2D eigenvalue weighted by Crippen LogP contribution is -2.40. The summed E-state index contributed by atoms with van der Waals surface area (Å²) < 4.78 is 10.3. The Bertz CT molecular complexity index is 767. The Morgan fingerprint density at radius 1 is 1.37 bits per heavy atom. The van der Waals surface area contributed by atoms with Crippen LogP contribution in [0.3, 0.4) is 0 Å². The molecule has 1 N–H and O–H groups in total. The number of allylic oxidation sites excluding steroid dienone is 3. The number of unbranched alkanes of at least 4 members (excludes halogenated alkanes) is 1. The van der Waals surface area contributed by atoms with Crippen molar-refractivity contribution in [3.8, 4) is 0 Å². The molecule has 0 bridgehead atoms. The average molecular weight is 367 g/mol. The molecule has 1 aliphatic heterocycles. The first-order chi connectivity index (χ1) is 13.2. The van der Waals surface area contributed by atoms with Crippen molar-refractivity contribution < 1.29 is 14.3 Å². The van der Waals surface area contributed by atoms with Gasteiger partial charge in [0.05, 0.1) is 5.54 Å². The molecule has 2 aliphatic carbocycles. The number of fused-ring (bicyclic) bond motifs is 1. The number of carbonyl (C=O) groups is 1. The van der Waals surface area contributed by atoms with Crippen LogP contribution in [-0.4, -0.2) is 32.0 Å². The third-order valence-electron chi connectivity index (χ3n) is 6.17.